The van der Waals surface area contributed by atoms with E-state index in [9.17, 15) is 15.0 Å². The van der Waals surface area contributed by atoms with Crippen LogP contribution in [0.25, 0.3) is 0 Å². The molecule has 26 heavy (non-hydrogen) atoms. The average molecular weight is 488 g/mol. The minimum absolute atomic E-state index is 0.121. The zero-order valence-electron chi connectivity index (χ0n) is 13.7. The second kappa shape index (κ2) is 9.44. The van der Waals surface area contributed by atoms with E-state index in [1.165, 1.54) is 12.3 Å². The number of aromatic hydroxyl groups is 2. The number of hydrogen-bond acceptors (Lipinski definition) is 6. The van der Waals surface area contributed by atoms with Crippen LogP contribution in [0, 0.1) is 0 Å². The lowest BCUT2D eigenvalue weighted by Crippen LogP contribution is -2.24. The predicted octanol–water partition coefficient (Wildman–Crippen LogP) is 3.55. The van der Waals surface area contributed by atoms with Crippen molar-refractivity contribution < 1.29 is 24.5 Å². The lowest BCUT2D eigenvalue weighted by Gasteiger charge is -2.10. The minimum Gasteiger partial charge on any atom is -0.506 e. The van der Waals surface area contributed by atoms with Gasteiger partial charge in [0.1, 0.15) is 16.0 Å². The van der Waals surface area contributed by atoms with Gasteiger partial charge in [0.05, 0.1) is 17.3 Å². The Kier molecular flexibility index (Phi) is 7.28. The molecule has 0 aliphatic heterocycles. The molecule has 0 radical (unpaired) electrons. The van der Waals surface area contributed by atoms with Gasteiger partial charge in [-0.2, -0.15) is 5.10 Å². The van der Waals surface area contributed by atoms with E-state index in [-0.39, 0.29) is 22.6 Å². The largest absolute Gasteiger partial charge is 0.506 e. The SMILES string of the molecule is CCOc1ccccc1OCC(=O)NN=Cc1cc(Br)c(O)c(Br)c1O. The lowest BCUT2D eigenvalue weighted by atomic mass is 10.2. The Bertz CT molecular complexity index is 827. The fraction of sp³-hybridized carbons (Fsp3) is 0.176. The molecule has 0 atom stereocenters. The van der Waals surface area contributed by atoms with Crippen LogP contribution in [-0.4, -0.2) is 35.5 Å². The maximum atomic E-state index is 11.8. The first-order chi connectivity index (χ1) is 12.4. The van der Waals surface area contributed by atoms with Crippen molar-refractivity contribution in [3.05, 3.63) is 44.8 Å². The third kappa shape index (κ3) is 5.12. The fourth-order valence-electron chi connectivity index (χ4n) is 1.91. The summed E-state index contributed by atoms with van der Waals surface area (Å²) in [7, 11) is 0. The number of hydrazone groups is 1. The highest BCUT2D eigenvalue weighted by atomic mass is 79.9. The molecule has 0 unspecified atom stereocenters. The van der Waals surface area contributed by atoms with Gasteiger partial charge in [0.15, 0.2) is 18.1 Å². The van der Waals surface area contributed by atoms with Crippen molar-refractivity contribution in [2.45, 2.75) is 6.92 Å². The maximum Gasteiger partial charge on any atom is 0.277 e. The molecular weight excluding hydrogens is 472 g/mol. The van der Waals surface area contributed by atoms with Gasteiger partial charge in [-0.3, -0.25) is 4.79 Å². The van der Waals surface area contributed by atoms with Gasteiger partial charge in [-0.25, -0.2) is 5.43 Å². The van der Waals surface area contributed by atoms with E-state index in [0.717, 1.165) is 0 Å². The van der Waals surface area contributed by atoms with Gasteiger partial charge in [-0.1, -0.05) is 12.1 Å². The number of ether oxygens (including phenoxy) is 2. The number of halogens is 2. The molecule has 138 valence electrons. The number of nitrogens with one attached hydrogen (secondary N) is 1. The Morgan fingerprint density at radius 3 is 2.50 bits per heavy atom. The van der Waals surface area contributed by atoms with Crippen LogP contribution in [0.2, 0.25) is 0 Å². The molecule has 0 aliphatic carbocycles. The number of benzene rings is 2. The van der Waals surface area contributed by atoms with Crippen molar-refractivity contribution in [3.8, 4) is 23.0 Å². The van der Waals surface area contributed by atoms with Crippen LogP contribution in [0.15, 0.2) is 44.4 Å². The molecule has 0 saturated carbocycles. The molecule has 0 bridgehead atoms. The van der Waals surface area contributed by atoms with Crippen molar-refractivity contribution in [1.29, 1.82) is 0 Å². The van der Waals surface area contributed by atoms with Gasteiger partial charge in [-0.05, 0) is 57.0 Å². The molecule has 1 amide bonds. The molecule has 3 N–H and O–H groups in total. The fourth-order valence-corrected chi connectivity index (χ4v) is 3.06. The Hall–Kier alpha value is -2.26. The number of para-hydroxylation sites is 2. The first kappa shape index (κ1) is 20.1. The Balaban J connectivity index is 1.95. The van der Waals surface area contributed by atoms with Crippen LogP contribution in [-0.2, 0) is 4.79 Å². The molecule has 2 aromatic rings. The molecule has 0 spiro atoms. The molecular formula is C17H16Br2N2O5. The second-order valence-corrected chi connectivity index (χ2v) is 6.57. The smallest absolute Gasteiger partial charge is 0.277 e. The number of hydrogen-bond donors (Lipinski definition) is 3. The number of carbonyl (C=O) groups is 1. The van der Waals surface area contributed by atoms with Crippen molar-refractivity contribution in [1.82, 2.24) is 5.43 Å². The van der Waals surface area contributed by atoms with Crippen LogP contribution in [0.3, 0.4) is 0 Å². The lowest BCUT2D eigenvalue weighted by molar-refractivity contribution is -0.123. The Morgan fingerprint density at radius 2 is 1.85 bits per heavy atom. The van der Waals surface area contributed by atoms with E-state index in [2.05, 4.69) is 42.4 Å². The summed E-state index contributed by atoms with van der Waals surface area (Å²) in [6, 6.07) is 8.49. The topological polar surface area (TPSA) is 100 Å². The van der Waals surface area contributed by atoms with Crippen molar-refractivity contribution in [2.24, 2.45) is 5.10 Å². The van der Waals surface area contributed by atoms with Gasteiger partial charge >= 0.3 is 0 Å². The zero-order valence-corrected chi connectivity index (χ0v) is 16.9. The van der Waals surface area contributed by atoms with Crippen LogP contribution in [0.1, 0.15) is 12.5 Å². The maximum absolute atomic E-state index is 11.8. The van der Waals surface area contributed by atoms with Crippen molar-refractivity contribution in [2.75, 3.05) is 13.2 Å². The molecule has 0 saturated heterocycles. The highest BCUT2D eigenvalue weighted by molar-refractivity contribution is 9.11. The summed E-state index contributed by atoms with van der Waals surface area (Å²) in [5.41, 5.74) is 2.59. The van der Waals surface area contributed by atoms with E-state index in [4.69, 9.17) is 9.47 Å². The van der Waals surface area contributed by atoms with Gasteiger partial charge in [0, 0.05) is 5.56 Å². The summed E-state index contributed by atoms with van der Waals surface area (Å²) < 4.78 is 11.3. The summed E-state index contributed by atoms with van der Waals surface area (Å²) in [5, 5.41) is 23.4. The molecule has 2 rings (SSSR count). The van der Waals surface area contributed by atoms with E-state index in [1.807, 2.05) is 13.0 Å². The minimum atomic E-state index is -0.482. The van der Waals surface area contributed by atoms with Crippen LogP contribution < -0.4 is 14.9 Å². The van der Waals surface area contributed by atoms with Gasteiger partial charge in [-0.15, -0.1) is 0 Å². The summed E-state index contributed by atoms with van der Waals surface area (Å²) >= 11 is 6.21. The van der Waals surface area contributed by atoms with E-state index < -0.39 is 5.91 Å². The zero-order chi connectivity index (χ0) is 19.1. The van der Waals surface area contributed by atoms with E-state index >= 15 is 0 Å². The standard InChI is InChI=1S/C17H16Br2N2O5/c1-2-25-12-5-3-4-6-13(12)26-9-14(22)21-20-8-10-7-11(18)17(24)15(19)16(10)23/h3-8,23-24H,2,9H2,1H3,(H,21,22). The first-order valence-electron chi connectivity index (χ1n) is 7.50. The summed E-state index contributed by atoms with van der Waals surface area (Å²) in [6.45, 7) is 2.09. The number of phenolic OH excluding ortho intramolecular Hbond substituents is 2. The quantitative estimate of drug-likeness (QED) is 0.409. The molecule has 0 aliphatic rings. The molecule has 0 heterocycles. The third-order valence-corrected chi connectivity index (χ3v) is 4.45. The Morgan fingerprint density at radius 1 is 1.19 bits per heavy atom. The number of phenols is 2. The summed E-state index contributed by atoms with van der Waals surface area (Å²) in [5.74, 6) is 0.187. The van der Waals surface area contributed by atoms with Crippen LogP contribution in [0.5, 0.6) is 23.0 Å². The second-order valence-electron chi connectivity index (χ2n) is 4.92. The summed E-state index contributed by atoms with van der Waals surface area (Å²) in [6.07, 6.45) is 1.25. The van der Waals surface area contributed by atoms with Crippen LogP contribution >= 0.6 is 31.9 Å². The monoisotopic (exact) mass is 486 g/mol. The molecule has 7 nitrogen and oxygen atoms in total. The van der Waals surface area contributed by atoms with Crippen molar-refractivity contribution in [3.63, 3.8) is 0 Å². The van der Waals surface area contributed by atoms with Gasteiger partial charge in [0.2, 0.25) is 0 Å². The average Bonchev–Trinajstić information content (AvgIpc) is 2.63. The van der Waals surface area contributed by atoms with Gasteiger partial charge < -0.3 is 19.7 Å². The molecule has 2 aromatic carbocycles. The normalized spacial score (nSPS) is 10.7. The van der Waals surface area contributed by atoms with Gasteiger partial charge in [0.25, 0.3) is 5.91 Å². The predicted molar refractivity (Wildman–Crippen MR) is 104 cm³/mol. The van der Waals surface area contributed by atoms with E-state index in [1.54, 1.807) is 18.2 Å². The van der Waals surface area contributed by atoms with Crippen molar-refractivity contribution >= 4 is 44.0 Å². The molecule has 0 aromatic heterocycles. The molecule has 0 fully saturated rings. The summed E-state index contributed by atoms with van der Waals surface area (Å²) in [4.78, 5) is 11.8. The Labute approximate surface area is 166 Å². The number of carbonyl (C=O) groups excluding carboxylic acids is 1. The highest BCUT2D eigenvalue weighted by Crippen LogP contribution is 2.40. The number of amides is 1. The molecule has 9 heteroatoms. The first-order valence-corrected chi connectivity index (χ1v) is 9.09. The van der Waals surface area contributed by atoms with E-state index in [0.29, 0.717) is 28.1 Å². The third-order valence-electron chi connectivity index (χ3n) is 3.10. The number of rotatable bonds is 7. The number of nitrogens with zero attached hydrogens (tertiary/aromatic N) is 1. The highest BCUT2D eigenvalue weighted by Gasteiger charge is 2.13. The van der Waals surface area contributed by atoms with Crippen LogP contribution in [0.4, 0.5) is 0 Å².